The van der Waals surface area contributed by atoms with Crippen molar-refractivity contribution in [3.8, 4) is 0 Å². The molecule has 2 rings (SSSR count). The number of carbonyl (C=O) groups is 2. The maximum atomic E-state index is 12.3. The second kappa shape index (κ2) is 8.65. The van der Waals surface area contributed by atoms with Crippen LogP contribution < -0.4 is 5.32 Å². The first kappa shape index (κ1) is 19.0. The maximum absolute atomic E-state index is 12.3. The van der Waals surface area contributed by atoms with E-state index in [1.165, 1.54) is 7.11 Å². The van der Waals surface area contributed by atoms with Gasteiger partial charge in [0.15, 0.2) is 0 Å². The summed E-state index contributed by atoms with van der Waals surface area (Å²) in [7, 11) is 3.17. The predicted molar refractivity (Wildman–Crippen MR) is 98.9 cm³/mol. The van der Waals surface area contributed by atoms with Crippen molar-refractivity contribution in [2.75, 3.05) is 26.0 Å². The summed E-state index contributed by atoms with van der Waals surface area (Å²) in [4.78, 5) is 25.8. The number of aryl methyl sites for hydroxylation is 1. The third kappa shape index (κ3) is 5.31. The molecule has 25 heavy (non-hydrogen) atoms. The van der Waals surface area contributed by atoms with E-state index in [-0.39, 0.29) is 12.5 Å². The minimum absolute atomic E-state index is 0.167. The highest BCUT2D eigenvalue weighted by Crippen LogP contribution is 2.18. The van der Waals surface area contributed by atoms with Crippen LogP contribution in [0.15, 0.2) is 42.5 Å². The van der Waals surface area contributed by atoms with Gasteiger partial charge < -0.3 is 10.1 Å². The van der Waals surface area contributed by atoms with Crippen molar-refractivity contribution in [3.05, 3.63) is 64.2 Å². The summed E-state index contributed by atoms with van der Waals surface area (Å²) in [6.45, 7) is 2.63. The van der Waals surface area contributed by atoms with Gasteiger partial charge in [0.2, 0.25) is 5.91 Å². The van der Waals surface area contributed by atoms with E-state index < -0.39 is 5.97 Å². The molecule has 0 aliphatic carbocycles. The van der Waals surface area contributed by atoms with Gasteiger partial charge in [-0.25, -0.2) is 4.79 Å². The largest absolute Gasteiger partial charge is 0.465 e. The molecule has 0 aromatic heterocycles. The number of anilines is 1. The fourth-order valence-corrected chi connectivity index (χ4v) is 2.61. The first-order chi connectivity index (χ1) is 11.9. The van der Waals surface area contributed by atoms with Crippen LogP contribution in [0, 0.1) is 6.92 Å². The topological polar surface area (TPSA) is 58.6 Å². The van der Waals surface area contributed by atoms with Gasteiger partial charge in [-0.1, -0.05) is 35.9 Å². The van der Waals surface area contributed by atoms with E-state index in [0.717, 1.165) is 11.1 Å². The molecule has 132 valence electrons. The molecule has 0 unspecified atom stereocenters. The van der Waals surface area contributed by atoms with E-state index in [9.17, 15) is 9.59 Å². The number of likely N-dealkylation sites (N-methyl/N-ethyl adjacent to an activating group) is 1. The molecule has 5 nitrogen and oxygen atoms in total. The van der Waals surface area contributed by atoms with Crippen molar-refractivity contribution < 1.29 is 14.3 Å². The lowest BCUT2D eigenvalue weighted by atomic mass is 10.1. The van der Waals surface area contributed by atoms with Crippen molar-refractivity contribution in [2.24, 2.45) is 0 Å². The van der Waals surface area contributed by atoms with Crippen LogP contribution in [0.3, 0.4) is 0 Å². The molecule has 0 aliphatic heterocycles. The number of esters is 1. The monoisotopic (exact) mass is 360 g/mol. The Labute approximate surface area is 152 Å². The minimum Gasteiger partial charge on any atom is -0.465 e. The smallest absolute Gasteiger partial charge is 0.337 e. The number of benzene rings is 2. The Balaban J connectivity index is 2.00. The summed E-state index contributed by atoms with van der Waals surface area (Å²) >= 11 is 6.15. The highest BCUT2D eigenvalue weighted by atomic mass is 35.5. The Kier molecular flexibility index (Phi) is 6.56. The number of nitrogens with one attached hydrogen (secondary N) is 1. The van der Waals surface area contributed by atoms with Crippen LogP contribution in [0.2, 0.25) is 5.02 Å². The second-order valence-electron chi connectivity index (χ2n) is 5.83. The van der Waals surface area contributed by atoms with Gasteiger partial charge in [-0.15, -0.1) is 0 Å². The summed E-state index contributed by atoms with van der Waals surface area (Å²) in [6, 6.07) is 12.6. The number of amides is 1. The summed E-state index contributed by atoms with van der Waals surface area (Å²) in [5.41, 5.74) is 2.82. The zero-order valence-electron chi connectivity index (χ0n) is 14.5. The average molecular weight is 361 g/mol. The summed E-state index contributed by atoms with van der Waals surface area (Å²) in [6.07, 6.45) is 0. The Bertz CT molecular complexity index is 777. The molecule has 2 aromatic carbocycles. The predicted octanol–water partition coefficient (Wildman–Crippen LogP) is 3.51. The minimum atomic E-state index is -0.439. The highest BCUT2D eigenvalue weighted by Gasteiger charge is 2.12. The lowest BCUT2D eigenvalue weighted by molar-refractivity contribution is -0.117. The molecule has 2 aromatic rings. The van der Waals surface area contributed by atoms with Gasteiger partial charge in [0, 0.05) is 17.3 Å². The second-order valence-corrected chi connectivity index (χ2v) is 6.24. The maximum Gasteiger partial charge on any atom is 0.337 e. The molecular formula is C19H21ClN2O3. The van der Waals surface area contributed by atoms with Gasteiger partial charge in [0.1, 0.15) is 0 Å². The number of hydrogen-bond donors (Lipinski definition) is 1. The highest BCUT2D eigenvalue weighted by molar-refractivity contribution is 6.31. The van der Waals surface area contributed by atoms with E-state index in [0.29, 0.717) is 22.8 Å². The van der Waals surface area contributed by atoms with Crippen LogP contribution in [0.25, 0.3) is 0 Å². The molecule has 6 heteroatoms. The quantitative estimate of drug-likeness (QED) is 0.801. The first-order valence-electron chi connectivity index (χ1n) is 7.81. The van der Waals surface area contributed by atoms with E-state index in [1.807, 2.05) is 43.1 Å². The number of nitrogens with zero attached hydrogens (tertiary/aromatic N) is 1. The fraction of sp³-hybridized carbons (Fsp3) is 0.263. The van der Waals surface area contributed by atoms with Gasteiger partial charge in [0.25, 0.3) is 0 Å². The van der Waals surface area contributed by atoms with E-state index in [1.54, 1.807) is 18.2 Å². The fourth-order valence-electron chi connectivity index (χ4n) is 2.41. The third-order valence-corrected chi connectivity index (χ3v) is 4.11. The standard InChI is InChI=1S/C19H21ClN2O3/c1-13-8-9-14(19(24)25-3)10-17(13)21-18(23)12-22(2)11-15-6-4-5-7-16(15)20/h4-10H,11-12H2,1-3H3,(H,21,23). The van der Waals surface area contributed by atoms with Crippen molar-refractivity contribution >= 4 is 29.2 Å². The van der Waals surface area contributed by atoms with Gasteiger partial charge in [-0.3, -0.25) is 9.69 Å². The molecule has 0 heterocycles. The van der Waals surface area contributed by atoms with Crippen LogP contribution in [-0.2, 0) is 16.1 Å². The number of carbonyl (C=O) groups excluding carboxylic acids is 2. The Morgan fingerprint density at radius 1 is 1.20 bits per heavy atom. The van der Waals surface area contributed by atoms with Gasteiger partial charge in [-0.2, -0.15) is 0 Å². The average Bonchev–Trinajstić information content (AvgIpc) is 2.58. The first-order valence-corrected chi connectivity index (χ1v) is 8.19. The molecule has 0 aliphatic rings. The molecule has 1 N–H and O–H groups in total. The van der Waals surface area contributed by atoms with Gasteiger partial charge in [-0.05, 0) is 43.3 Å². The molecule has 0 atom stereocenters. The molecule has 0 spiro atoms. The van der Waals surface area contributed by atoms with Crippen LogP contribution in [0.5, 0.6) is 0 Å². The van der Waals surface area contributed by atoms with E-state index >= 15 is 0 Å². The summed E-state index contributed by atoms with van der Waals surface area (Å²) in [5, 5.41) is 3.52. The van der Waals surface area contributed by atoms with Crippen molar-refractivity contribution in [2.45, 2.75) is 13.5 Å². The SMILES string of the molecule is COC(=O)c1ccc(C)c(NC(=O)CN(C)Cc2ccccc2Cl)c1. The molecule has 0 radical (unpaired) electrons. The van der Waals surface area contributed by atoms with Crippen LogP contribution >= 0.6 is 11.6 Å². The number of ether oxygens (including phenoxy) is 1. The normalized spacial score (nSPS) is 10.6. The number of methoxy groups -OCH3 is 1. The van der Waals surface area contributed by atoms with E-state index in [2.05, 4.69) is 5.32 Å². The van der Waals surface area contributed by atoms with Crippen LogP contribution in [0.4, 0.5) is 5.69 Å². The number of hydrogen-bond acceptors (Lipinski definition) is 4. The lowest BCUT2D eigenvalue weighted by Crippen LogP contribution is -2.30. The molecule has 0 saturated carbocycles. The van der Waals surface area contributed by atoms with E-state index in [4.69, 9.17) is 16.3 Å². The summed E-state index contributed by atoms with van der Waals surface area (Å²) < 4.78 is 4.71. The number of halogens is 1. The van der Waals surface area contributed by atoms with Crippen molar-refractivity contribution in [1.82, 2.24) is 4.90 Å². The number of rotatable bonds is 6. The third-order valence-electron chi connectivity index (χ3n) is 3.74. The summed E-state index contributed by atoms with van der Waals surface area (Å²) in [5.74, 6) is -0.606. The van der Waals surface area contributed by atoms with Gasteiger partial charge in [0.05, 0.1) is 19.2 Å². The van der Waals surface area contributed by atoms with Crippen molar-refractivity contribution in [1.29, 1.82) is 0 Å². The molecular weight excluding hydrogens is 340 g/mol. The Hall–Kier alpha value is -2.37. The van der Waals surface area contributed by atoms with Crippen LogP contribution in [-0.4, -0.2) is 37.5 Å². The Morgan fingerprint density at radius 3 is 2.60 bits per heavy atom. The van der Waals surface area contributed by atoms with Crippen molar-refractivity contribution in [3.63, 3.8) is 0 Å². The Morgan fingerprint density at radius 2 is 1.92 bits per heavy atom. The zero-order chi connectivity index (χ0) is 18.4. The molecule has 0 saturated heterocycles. The zero-order valence-corrected chi connectivity index (χ0v) is 15.3. The lowest BCUT2D eigenvalue weighted by Gasteiger charge is -2.18. The molecule has 0 bridgehead atoms. The van der Waals surface area contributed by atoms with Crippen LogP contribution in [0.1, 0.15) is 21.5 Å². The van der Waals surface area contributed by atoms with Gasteiger partial charge >= 0.3 is 5.97 Å². The molecule has 1 amide bonds. The molecule has 0 fully saturated rings.